The zero-order chi connectivity index (χ0) is 14.0. The van der Waals surface area contributed by atoms with Gasteiger partial charge in [-0.3, -0.25) is 14.6 Å². The van der Waals surface area contributed by atoms with Crippen LogP contribution in [0.1, 0.15) is 35.8 Å². The number of nitrogen functional groups attached to an aromatic ring is 1. The van der Waals surface area contributed by atoms with Gasteiger partial charge in [0.05, 0.1) is 23.1 Å². The molecule has 0 aliphatic heterocycles. The molecule has 1 aromatic heterocycles. The number of hydrogen-bond acceptors (Lipinski definition) is 4. The van der Waals surface area contributed by atoms with Crippen molar-refractivity contribution >= 4 is 17.5 Å². The van der Waals surface area contributed by atoms with Crippen LogP contribution in [-0.2, 0) is 4.79 Å². The van der Waals surface area contributed by atoms with Crippen molar-refractivity contribution in [1.29, 1.82) is 0 Å². The van der Waals surface area contributed by atoms with Gasteiger partial charge in [0.25, 0.3) is 5.91 Å². The summed E-state index contributed by atoms with van der Waals surface area (Å²) in [6.45, 7) is 3.38. The molecule has 1 fully saturated rings. The molecule has 1 aromatic rings. The van der Waals surface area contributed by atoms with E-state index in [1.165, 1.54) is 6.20 Å². The summed E-state index contributed by atoms with van der Waals surface area (Å²) < 4.78 is 0. The van der Waals surface area contributed by atoms with Crippen molar-refractivity contribution in [2.45, 2.75) is 38.8 Å². The Morgan fingerprint density at radius 2 is 2.16 bits per heavy atom. The number of nitrogens with one attached hydrogen (secondary N) is 2. The highest BCUT2D eigenvalue weighted by Crippen LogP contribution is 2.18. The number of nitrogens with zero attached hydrogens (tertiary/aromatic N) is 1. The van der Waals surface area contributed by atoms with Crippen molar-refractivity contribution in [2.75, 3.05) is 5.73 Å². The van der Waals surface area contributed by atoms with E-state index in [4.69, 9.17) is 5.73 Å². The fraction of sp³-hybridized carbons (Fsp3) is 0.462. The van der Waals surface area contributed by atoms with Crippen LogP contribution in [0, 0.1) is 6.92 Å². The number of anilines is 1. The topological polar surface area (TPSA) is 97.1 Å². The molecular weight excluding hydrogens is 244 g/mol. The molecule has 0 spiro atoms. The van der Waals surface area contributed by atoms with Crippen LogP contribution >= 0.6 is 0 Å². The van der Waals surface area contributed by atoms with Gasteiger partial charge in [0.2, 0.25) is 5.91 Å². The summed E-state index contributed by atoms with van der Waals surface area (Å²) in [7, 11) is 0. The quantitative estimate of drug-likeness (QED) is 0.730. The van der Waals surface area contributed by atoms with Gasteiger partial charge in [-0.1, -0.05) is 0 Å². The molecule has 0 aromatic carbocycles. The Morgan fingerprint density at radius 3 is 2.79 bits per heavy atom. The maximum Gasteiger partial charge on any atom is 0.253 e. The molecule has 1 aliphatic carbocycles. The van der Waals surface area contributed by atoms with Crippen LogP contribution in [0.5, 0.6) is 0 Å². The van der Waals surface area contributed by atoms with Crippen LogP contribution in [0.4, 0.5) is 5.69 Å². The number of carbonyl (C=O) groups is 2. The van der Waals surface area contributed by atoms with Gasteiger partial charge in [-0.15, -0.1) is 0 Å². The van der Waals surface area contributed by atoms with Gasteiger partial charge in [-0.05, 0) is 32.8 Å². The maximum absolute atomic E-state index is 12.0. The molecule has 0 bridgehead atoms. The summed E-state index contributed by atoms with van der Waals surface area (Å²) in [5.41, 5.74) is 7.01. The Labute approximate surface area is 111 Å². The average Bonchev–Trinajstić information content (AvgIpc) is 3.15. The van der Waals surface area contributed by atoms with Crippen LogP contribution in [0.15, 0.2) is 12.3 Å². The van der Waals surface area contributed by atoms with Crippen LogP contribution in [-0.4, -0.2) is 28.9 Å². The Hall–Kier alpha value is -2.11. The standard InChI is InChI=1S/C13H18N4O2/c1-7-11(5-9(14)6-15-7)13(19)16-8(2)12(18)17-10-3-4-10/h5-6,8,10H,3-4,14H2,1-2H3,(H,16,19)(H,17,18). The van der Waals surface area contributed by atoms with E-state index in [0.717, 1.165) is 12.8 Å². The van der Waals surface area contributed by atoms with E-state index < -0.39 is 6.04 Å². The first kappa shape index (κ1) is 13.3. The van der Waals surface area contributed by atoms with Crippen LogP contribution in [0.2, 0.25) is 0 Å². The SMILES string of the molecule is Cc1ncc(N)cc1C(=O)NC(C)C(=O)NC1CC1. The molecule has 102 valence electrons. The summed E-state index contributed by atoms with van der Waals surface area (Å²) in [5.74, 6) is -0.499. The van der Waals surface area contributed by atoms with Gasteiger partial charge in [-0.25, -0.2) is 0 Å². The third-order valence-electron chi connectivity index (χ3n) is 3.02. The fourth-order valence-electron chi connectivity index (χ4n) is 1.67. The molecule has 2 amide bonds. The normalized spacial score (nSPS) is 15.7. The van der Waals surface area contributed by atoms with Crippen molar-refractivity contribution in [1.82, 2.24) is 15.6 Å². The molecule has 6 heteroatoms. The lowest BCUT2D eigenvalue weighted by molar-refractivity contribution is -0.122. The number of hydrogen-bond donors (Lipinski definition) is 3. The first-order chi connectivity index (χ1) is 8.97. The Kier molecular flexibility index (Phi) is 3.69. The minimum Gasteiger partial charge on any atom is -0.397 e. The minimum atomic E-state index is -0.575. The number of rotatable bonds is 4. The Bertz CT molecular complexity index is 511. The van der Waals surface area contributed by atoms with Gasteiger partial charge >= 0.3 is 0 Å². The second-order valence-electron chi connectivity index (χ2n) is 4.88. The van der Waals surface area contributed by atoms with Crippen molar-refractivity contribution < 1.29 is 9.59 Å². The summed E-state index contributed by atoms with van der Waals surface area (Å²) in [4.78, 5) is 27.8. The lowest BCUT2D eigenvalue weighted by Gasteiger charge is -2.14. The number of amides is 2. The van der Waals surface area contributed by atoms with E-state index in [2.05, 4.69) is 15.6 Å². The van der Waals surface area contributed by atoms with Crippen LogP contribution < -0.4 is 16.4 Å². The summed E-state index contributed by atoms with van der Waals surface area (Å²) in [5, 5.41) is 5.49. The molecule has 1 unspecified atom stereocenters. The molecule has 19 heavy (non-hydrogen) atoms. The van der Waals surface area contributed by atoms with Crippen LogP contribution in [0.3, 0.4) is 0 Å². The maximum atomic E-state index is 12.0. The molecule has 0 saturated heterocycles. The number of aryl methyl sites for hydroxylation is 1. The molecule has 1 heterocycles. The molecule has 4 N–H and O–H groups in total. The Balaban J connectivity index is 1.99. The highest BCUT2D eigenvalue weighted by atomic mass is 16.2. The molecule has 1 saturated carbocycles. The number of carbonyl (C=O) groups excluding carboxylic acids is 2. The number of pyridine rings is 1. The van der Waals surface area contributed by atoms with Gasteiger partial charge < -0.3 is 16.4 Å². The minimum absolute atomic E-state index is 0.162. The number of aromatic nitrogens is 1. The third kappa shape index (κ3) is 3.43. The van der Waals surface area contributed by atoms with E-state index in [1.54, 1.807) is 19.9 Å². The van der Waals surface area contributed by atoms with E-state index in [-0.39, 0.29) is 17.9 Å². The smallest absolute Gasteiger partial charge is 0.253 e. The third-order valence-corrected chi connectivity index (χ3v) is 3.02. The predicted molar refractivity (Wildman–Crippen MR) is 71.5 cm³/mol. The first-order valence-electron chi connectivity index (χ1n) is 6.30. The van der Waals surface area contributed by atoms with E-state index in [0.29, 0.717) is 16.9 Å². The fourth-order valence-corrected chi connectivity index (χ4v) is 1.67. The molecule has 1 aliphatic rings. The van der Waals surface area contributed by atoms with Crippen molar-refractivity contribution in [3.63, 3.8) is 0 Å². The monoisotopic (exact) mass is 262 g/mol. The van der Waals surface area contributed by atoms with E-state index >= 15 is 0 Å². The zero-order valence-corrected chi connectivity index (χ0v) is 11.1. The Morgan fingerprint density at radius 1 is 1.47 bits per heavy atom. The predicted octanol–water partition coefficient (Wildman–Crippen LogP) is 0.369. The van der Waals surface area contributed by atoms with Gasteiger partial charge in [-0.2, -0.15) is 0 Å². The second-order valence-corrected chi connectivity index (χ2v) is 4.88. The van der Waals surface area contributed by atoms with E-state index in [9.17, 15) is 9.59 Å². The largest absolute Gasteiger partial charge is 0.397 e. The summed E-state index contributed by atoms with van der Waals surface area (Å²) in [6, 6.07) is 1.26. The molecule has 2 rings (SSSR count). The lowest BCUT2D eigenvalue weighted by Crippen LogP contribution is -2.45. The number of nitrogens with two attached hydrogens (primary N) is 1. The highest BCUT2D eigenvalue weighted by molar-refractivity contribution is 5.98. The van der Waals surface area contributed by atoms with Gasteiger partial charge in [0, 0.05) is 6.04 Å². The summed E-state index contributed by atoms with van der Waals surface area (Å²) in [6.07, 6.45) is 3.53. The molecule has 1 atom stereocenters. The summed E-state index contributed by atoms with van der Waals surface area (Å²) >= 11 is 0. The van der Waals surface area contributed by atoms with Crippen molar-refractivity contribution in [3.8, 4) is 0 Å². The van der Waals surface area contributed by atoms with Gasteiger partial charge in [0.15, 0.2) is 0 Å². The first-order valence-corrected chi connectivity index (χ1v) is 6.30. The molecular formula is C13H18N4O2. The second kappa shape index (κ2) is 5.26. The van der Waals surface area contributed by atoms with Crippen molar-refractivity contribution in [3.05, 3.63) is 23.5 Å². The molecule has 0 radical (unpaired) electrons. The molecule has 6 nitrogen and oxygen atoms in total. The zero-order valence-electron chi connectivity index (χ0n) is 11.1. The highest BCUT2D eigenvalue weighted by Gasteiger charge is 2.26. The van der Waals surface area contributed by atoms with Crippen molar-refractivity contribution in [2.24, 2.45) is 0 Å². The van der Waals surface area contributed by atoms with Gasteiger partial charge in [0.1, 0.15) is 6.04 Å². The van der Waals surface area contributed by atoms with E-state index in [1.807, 2.05) is 0 Å². The lowest BCUT2D eigenvalue weighted by atomic mass is 10.1. The average molecular weight is 262 g/mol. The van der Waals surface area contributed by atoms with Crippen LogP contribution in [0.25, 0.3) is 0 Å².